The van der Waals surface area contributed by atoms with Gasteiger partial charge in [0.2, 0.25) is 0 Å². The summed E-state index contributed by atoms with van der Waals surface area (Å²) in [6, 6.07) is 12.5. The first kappa shape index (κ1) is 17.8. The summed E-state index contributed by atoms with van der Waals surface area (Å²) < 4.78 is 19.4. The van der Waals surface area contributed by atoms with Gasteiger partial charge in [-0.3, -0.25) is 0 Å². The van der Waals surface area contributed by atoms with E-state index in [1.807, 2.05) is 18.2 Å². The molecule has 0 unspecified atom stereocenters. The summed E-state index contributed by atoms with van der Waals surface area (Å²) in [5.74, 6) is 0.378. The molecule has 23 heavy (non-hydrogen) atoms. The third-order valence-corrected chi connectivity index (χ3v) is 3.98. The average Bonchev–Trinajstić information content (AvgIpc) is 2.55. The van der Waals surface area contributed by atoms with Gasteiger partial charge in [-0.1, -0.05) is 49.6 Å². The van der Waals surface area contributed by atoms with E-state index in [9.17, 15) is 4.39 Å². The lowest BCUT2D eigenvalue weighted by Crippen LogP contribution is -2.14. The predicted molar refractivity (Wildman–Crippen MR) is 93.4 cm³/mol. The van der Waals surface area contributed by atoms with E-state index in [2.05, 4.69) is 18.3 Å². The standard InChI is InChI=1S/C19H23ClFNO/c1-2-3-4-11-22-13-15-7-5-8-16(12-15)23-14-17-18(20)9-6-10-19(17)21/h5-10,12,22H,2-4,11,13-14H2,1H3. The first-order valence-corrected chi connectivity index (χ1v) is 8.44. The fourth-order valence-corrected chi connectivity index (χ4v) is 2.52. The molecule has 2 nitrogen and oxygen atoms in total. The van der Waals surface area contributed by atoms with Gasteiger partial charge < -0.3 is 10.1 Å². The Hall–Kier alpha value is -1.58. The lowest BCUT2D eigenvalue weighted by atomic mass is 10.2. The Balaban J connectivity index is 1.87. The number of halogens is 2. The second-order valence-electron chi connectivity index (χ2n) is 5.52. The molecule has 0 saturated carbocycles. The molecule has 0 aliphatic rings. The van der Waals surface area contributed by atoms with Crippen LogP contribution in [0.25, 0.3) is 0 Å². The van der Waals surface area contributed by atoms with Crippen LogP contribution >= 0.6 is 11.6 Å². The number of unbranched alkanes of at least 4 members (excludes halogenated alkanes) is 2. The van der Waals surface area contributed by atoms with Gasteiger partial charge in [0.15, 0.2) is 0 Å². The van der Waals surface area contributed by atoms with Crippen molar-refractivity contribution in [2.45, 2.75) is 39.3 Å². The van der Waals surface area contributed by atoms with E-state index in [1.54, 1.807) is 12.1 Å². The molecule has 0 aromatic heterocycles. The van der Waals surface area contributed by atoms with E-state index in [-0.39, 0.29) is 12.4 Å². The highest BCUT2D eigenvalue weighted by Crippen LogP contribution is 2.22. The predicted octanol–water partition coefficient (Wildman–Crippen LogP) is 5.34. The first-order valence-electron chi connectivity index (χ1n) is 8.06. The topological polar surface area (TPSA) is 21.3 Å². The van der Waals surface area contributed by atoms with Gasteiger partial charge >= 0.3 is 0 Å². The van der Waals surface area contributed by atoms with Crippen molar-refractivity contribution in [3.8, 4) is 5.75 Å². The van der Waals surface area contributed by atoms with Crippen molar-refractivity contribution in [3.05, 3.63) is 64.4 Å². The molecule has 0 amide bonds. The van der Waals surface area contributed by atoms with Crippen LogP contribution in [0.1, 0.15) is 37.3 Å². The number of rotatable bonds is 9. The molecule has 4 heteroatoms. The maximum absolute atomic E-state index is 13.7. The van der Waals surface area contributed by atoms with E-state index in [1.165, 1.54) is 25.3 Å². The summed E-state index contributed by atoms with van der Waals surface area (Å²) in [5.41, 5.74) is 1.54. The number of benzene rings is 2. The van der Waals surface area contributed by atoms with Crippen LogP contribution in [0, 0.1) is 5.82 Å². The van der Waals surface area contributed by atoms with Crippen LogP contribution in [0.4, 0.5) is 4.39 Å². The van der Waals surface area contributed by atoms with Gasteiger partial charge in [-0.25, -0.2) is 4.39 Å². The maximum Gasteiger partial charge on any atom is 0.131 e. The minimum atomic E-state index is -0.341. The Morgan fingerprint density at radius 1 is 1.13 bits per heavy atom. The van der Waals surface area contributed by atoms with Gasteiger partial charge in [-0.15, -0.1) is 0 Å². The van der Waals surface area contributed by atoms with Crippen LogP contribution in [0.5, 0.6) is 5.75 Å². The molecule has 0 radical (unpaired) electrons. The summed E-state index contributed by atoms with van der Waals surface area (Å²) in [4.78, 5) is 0. The maximum atomic E-state index is 13.7. The third-order valence-electron chi connectivity index (χ3n) is 3.63. The molecule has 0 spiro atoms. The molecule has 0 heterocycles. The van der Waals surface area contributed by atoms with E-state index in [4.69, 9.17) is 16.3 Å². The molecule has 0 aliphatic heterocycles. The van der Waals surface area contributed by atoms with Crippen molar-refractivity contribution in [1.82, 2.24) is 5.32 Å². The fraction of sp³-hybridized carbons (Fsp3) is 0.368. The highest BCUT2D eigenvalue weighted by atomic mass is 35.5. The molecule has 0 fully saturated rings. The smallest absolute Gasteiger partial charge is 0.131 e. The van der Waals surface area contributed by atoms with Crippen molar-refractivity contribution in [1.29, 1.82) is 0 Å². The van der Waals surface area contributed by atoms with Gasteiger partial charge in [-0.2, -0.15) is 0 Å². The summed E-state index contributed by atoms with van der Waals surface area (Å²) >= 11 is 6.01. The van der Waals surface area contributed by atoms with Crippen molar-refractivity contribution >= 4 is 11.6 Å². The molecule has 0 saturated heterocycles. The summed E-state index contributed by atoms with van der Waals surface area (Å²) in [6.07, 6.45) is 3.67. The zero-order valence-corrected chi connectivity index (χ0v) is 14.2. The lowest BCUT2D eigenvalue weighted by molar-refractivity contribution is 0.299. The first-order chi connectivity index (χ1) is 11.2. The Labute approximate surface area is 142 Å². The van der Waals surface area contributed by atoms with Crippen LogP contribution in [0.2, 0.25) is 5.02 Å². The number of hydrogen-bond acceptors (Lipinski definition) is 2. The Morgan fingerprint density at radius 3 is 2.74 bits per heavy atom. The van der Waals surface area contributed by atoms with Gasteiger partial charge in [-0.05, 0) is 42.8 Å². The van der Waals surface area contributed by atoms with Gasteiger partial charge in [0.25, 0.3) is 0 Å². The second-order valence-corrected chi connectivity index (χ2v) is 5.93. The minimum Gasteiger partial charge on any atom is -0.489 e. The van der Waals surface area contributed by atoms with Crippen LogP contribution in [-0.4, -0.2) is 6.54 Å². The van der Waals surface area contributed by atoms with Crippen LogP contribution in [-0.2, 0) is 13.2 Å². The molecule has 1 N–H and O–H groups in total. The summed E-state index contributed by atoms with van der Waals surface area (Å²) in [6.45, 7) is 4.15. The average molecular weight is 336 g/mol. The SMILES string of the molecule is CCCCCNCc1cccc(OCc2c(F)cccc2Cl)c1. The largest absolute Gasteiger partial charge is 0.489 e. The Morgan fingerprint density at radius 2 is 1.96 bits per heavy atom. The molecule has 124 valence electrons. The molecule has 0 aliphatic carbocycles. The quantitative estimate of drug-likeness (QED) is 0.625. The van der Waals surface area contributed by atoms with Gasteiger partial charge in [0.1, 0.15) is 18.2 Å². The van der Waals surface area contributed by atoms with E-state index >= 15 is 0 Å². The zero-order valence-electron chi connectivity index (χ0n) is 13.4. The van der Waals surface area contributed by atoms with E-state index in [0.717, 1.165) is 24.4 Å². The molecule has 2 aromatic rings. The van der Waals surface area contributed by atoms with Crippen molar-refractivity contribution < 1.29 is 9.13 Å². The fourth-order valence-electron chi connectivity index (χ4n) is 2.30. The lowest BCUT2D eigenvalue weighted by Gasteiger charge is -2.10. The Bertz CT molecular complexity index is 598. The van der Waals surface area contributed by atoms with Crippen molar-refractivity contribution in [3.63, 3.8) is 0 Å². The molecule has 0 atom stereocenters. The molecule has 2 rings (SSSR count). The summed E-state index contributed by atoms with van der Waals surface area (Å²) in [5, 5.41) is 3.81. The highest BCUT2D eigenvalue weighted by molar-refractivity contribution is 6.31. The minimum absolute atomic E-state index is 0.124. The summed E-state index contributed by atoms with van der Waals surface area (Å²) in [7, 11) is 0. The van der Waals surface area contributed by atoms with Crippen LogP contribution in [0.15, 0.2) is 42.5 Å². The second kappa shape index (κ2) is 9.53. The van der Waals surface area contributed by atoms with Crippen LogP contribution < -0.4 is 10.1 Å². The molecular weight excluding hydrogens is 313 g/mol. The van der Waals surface area contributed by atoms with Crippen molar-refractivity contribution in [2.24, 2.45) is 0 Å². The zero-order chi connectivity index (χ0) is 16.5. The normalized spacial score (nSPS) is 10.7. The monoisotopic (exact) mass is 335 g/mol. The van der Waals surface area contributed by atoms with Crippen molar-refractivity contribution in [2.75, 3.05) is 6.54 Å². The van der Waals surface area contributed by atoms with Gasteiger partial charge in [0.05, 0.1) is 5.02 Å². The highest BCUT2D eigenvalue weighted by Gasteiger charge is 2.07. The van der Waals surface area contributed by atoms with Gasteiger partial charge in [0, 0.05) is 12.1 Å². The third kappa shape index (κ3) is 5.85. The number of hydrogen-bond donors (Lipinski definition) is 1. The number of nitrogens with one attached hydrogen (secondary N) is 1. The molecule has 0 bridgehead atoms. The Kier molecular flexibility index (Phi) is 7.37. The van der Waals surface area contributed by atoms with Crippen LogP contribution in [0.3, 0.4) is 0 Å². The molecular formula is C19H23ClFNO. The molecule has 2 aromatic carbocycles. The number of ether oxygens (including phenoxy) is 1. The van der Waals surface area contributed by atoms with E-state index in [0.29, 0.717) is 10.6 Å². The van der Waals surface area contributed by atoms with E-state index < -0.39 is 0 Å².